The zero-order valence-corrected chi connectivity index (χ0v) is 16.4. The molecule has 0 spiro atoms. The van der Waals surface area contributed by atoms with E-state index >= 15 is 0 Å². The second-order valence-corrected chi connectivity index (χ2v) is 8.60. The first-order chi connectivity index (χ1) is 13.1. The van der Waals surface area contributed by atoms with Crippen molar-refractivity contribution in [3.8, 4) is 0 Å². The molecule has 27 heavy (non-hydrogen) atoms. The van der Waals surface area contributed by atoms with E-state index in [0.29, 0.717) is 23.1 Å². The summed E-state index contributed by atoms with van der Waals surface area (Å²) in [5, 5.41) is 13.2. The van der Waals surface area contributed by atoms with E-state index in [1.54, 1.807) is 17.0 Å². The highest BCUT2D eigenvalue weighted by Crippen LogP contribution is 2.35. The lowest BCUT2D eigenvalue weighted by molar-refractivity contribution is -0.120. The number of hydrogen-bond donors (Lipinski definition) is 1. The van der Waals surface area contributed by atoms with Gasteiger partial charge in [-0.05, 0) is 37.1 Å². The zero-order chi connectivity index (χ0) is 18.8. The average Bonchev–Trinajstić information content (AvgIpc) is 3.30. The van der Waals surface area contributed by atoms with Crippen LogP contribution in [0, 0.1) is 5.92 Å². The molecule has 1 aliphatic heterocycles. The fraction of sp³-hybridized carbons (Fsp3) is 0.474. The number of hydrogen-bond acceptors (Lipinski definition) is 5. The Morgan fingerprint density at radius 2 is 1.89 bits per heavy atom. The molecule has 1 atom stereocenters. The monoisotopic (exact) mass is 404 g/mol. The molecular weight excluding hydrogens is 384 g/mol. The molecule has 2 fully saturated rings. The van der Waals surface area contributed by atoms with Gasteiger partial charge in [-0.3, -0.25) is 9.59 Å². The molecule has 0 bridgehead atoms. The van der Waals surface area contributed by atoms with E-state index < -0.39 is 0 Å². The van der Waals surface area contributed by atoms with Crippen LogP contribution in [0.15, 0.2) is 24.3 Å². The molecule has 4 rings (SSSR count). The minimum absolute atomic E-state index is 0.00832. The van der Waals surface area contributed by atoms with Crippen molar-refractivity contribution in [1.29, 1.82) is 0 Å². The Morgan fingerprint density at radius 3 is 2.63 bits per heavy atom. The minimum Gasteiger partial charge on any atom is -0.312 e. The summed E-state index contributed by atoms with van der Waals surface area (Å²) in [7, 11) is 0. The second kappa shape index (κ2) is 7.94. The number of aromatic nitrogens is 2. The number of anilines is 2. The summed E-state index contributed by atoms with van der Waals surface area (Å²) in [5.74, 6) is 0.179. The molecule has 1 saturated heterocycles. The first-order valence-electron chi connectivity index (χ1n) is 9.30. The summed E-state index contributed by atoms with van der Waals surface area (Å²) in [4.78, 5) is 26.5. The zero-order valence-electron chi connectivity index (χ0n) is 14.9. The molecule has 1 N–H and O–H groups in total. The lowest BCUT2D eigenvalue weighted by Crippen LogP contribution is -2.24. The number of amides is 2. The van der Waals surface area contributed by atoms with Crippen molar-refractivity contribution in [2.24, 2.45) is 5.92 Å². The van der Waals surface area contributed by atoms with E-state index in [0.717, 1.165) is 36.4 Å². The van der Waals surface area contributed by atoms with Crippen LogP contribution in [0.5, 0.6) is 0 Å². The van der Waals surface area contributed by atoms with Gasteiger partial charge in [-0.15, -0.1) is 10.2 Å². The molecule has 1 aliphatic carbocycles. The molecule has 0 radical (unpaired) electrons. The molecule has 1 unspecified atom stereocenters. The van der Waals surface area contributed by atoms with Crippen LogP contribution >= 0.6 is 22.9 Å². The SMILES string of the molecule is O=C(Nc1nnc(C2CC(=O)N(c3ccc(Cl)cc3)C2)s1)C1CCCCC1. The molecule has 6 nitrogen and oxygen atoms in total. The number of carbonyl (C=O) groups excluding carboxylic acids is 2. The molecule has 2 amide bonds. The van der Waals surface area contributed by atoms with Crippen LogP contribution in [-0.2, 0) is 9.59 Å². The number of rotatable bonds is 4. The molecule has 1 saturated carbocycles. The van der Waals surface area contributed by atoms with Crippen molar-refractivity contribution in [1.82, 2.24) is 10.2 Å². The van der Waals surface area contributed by atoms with Crippen LogP contribution in [-0.4, -0.2) is 28.6 Å². The molecule has 2 aromatic rings. The van der Waals surface area contributed by atoms with Crippen molar-refractivity contribution in [2.75, 3.05) is 16.8 Å². The van der Waals surface area contributed by atoms with E-state index in [4.69, 9.17) is 11.6 Å². The number of carbonyl (C=O) groups is 2. The minimum atomic E-state index is -0.00832. The van der Waals surface area contributed by atoms with Crippen molar-refractivity contribution in [2.45, 2.75) is 44.4 Å². The van der Waals surface area contributed by atoms with Gasteiger partial charge < -0.3 is 10.2 Å². The fourth-order valence-electron chi connectivity index (χ4n) is 3.77. The normalized spacial score (nSPS) is 20.9. The third kappa shape index (κ3) is 4.14. The predicted octanol–water partition coefficient (Wildman–Crippen LogP) is 4.23. The van der Waals surface area contributed by atoms with Crippen molar-refractivity contribution in [3.63, 3.8) is 0 Å². The lowest BCUT2D eigenvalue weighted by atomic mass is 9.89. The third-order valence-electron chi connectivity index (χ3n) is 5.26. The Bertz CT molecular complexity index is 832. The molecule has 1 aromatic carbocycles. The fourth-order valence-corrected chi connectivity index (χ4v) is 4.73. The largest absolute Gasteiger partial charge is 0.312 e. The van der Waals surface area contributed by atoms with Gasteiger partial charge in [0.05, 0.1) is 0 Å². The van der Waals surface area contributed by atoms with Crippen LogP contribution < -0.4 is 10.2 Å². The van der Waals surface area contributed by atoms with Gasteiger partial charge in [0, 0.05) is 35.5 Å². The van der Waals surface area contributed by atoms with Gasteiger partial charge in [0.2, 0.25) is 16.9 Å². The third-order valence-corrected chi connectivity index (χ3v) is 6.51. The predicted molar refractivity (Wildman–Crippen MR) is 106 cm³/mol. The summed E-state index contributed by atoms with van der Waals surface area (Å²) in [6.45, 7) is 0.561. The highest BCUT2D eigenvalue weighted by atomic mass is 35.5. The Hall–Kier alpha value is -1.99. The highest BCUT2D eigenvalue weighted by Gasteiger charge is 2.34. The molecule has 142 valence electrons. The summed E-state index contributed by atoms with van der Waals surface area (Å²) >= 11 is 7.30. The Morgan fingerprint density at radius 1 is 1.15 bits per heavy atom. The van der Waals surface area contributed by atoms with Gasteiger partial charge in [0.25, 0.3) is 0 Å². The first-order valence-corrected chi connectivity index (χ1v) is 10.5. The summed E-state index contributed by atoms with van der Waals surface area (Å²) in [6.07, 6.45) is 5.74. The Kier molecular flexibility index (Phi) is 5.41. The average molecular weight is 405 g/mol. The van der Waals surface area contributed by atoms with E-state index in [1.165, 1.54) is 17.8 Å². The van der Waals surface area contributed by atoms with Crippen LogP contribution in [0.3, 0.4) is 0 Å². The quantitative estimate of drug-likeness (QED) is 0.827. The van der Waals surface area contributed by atoms with Gasteiger partial charge >= 0.3 is 0 Å². The van der Waals surface area contributed by atoms with Gasteiger partial charge in [-0.25, -0.2) is 0 Å². The topological polar surface area (TPSA) is 75.2 Å². The maximum absolute atomic E-state index is 12.4. The van der Waals surface area contributed by atoms with Crippen LogP contribution in [0.2, 0.25) is 5.02 Å². The van der Waals surface area contributed by atoms with E-state index in [1.807, 2.05) is 12.1 Å². The Labute approximate surface area is 166 Å². The smallest absolute Gasteiger partial charge is 0.229 e. The first kappa shape index (κ1) is 18.4. The maximum Gasteiger partial charge on any atom is 0.229 e. The van der Waals surface area contributed by atoms with Crippen LogP contribution in [0.4, 0.5) is 10.8 Å². The summed E-state index contributed by atoms with van der Waals surface area (Å²) in [5.41, 5.74) is 0.835. The number of benzene rings is 1. The Balaban J connectivity index is 1.40. The molecule has 1 aromatic heterocycles. The van der Waals surface area contributed by atoms with E-state index in [2.05, 4.69) is 15.5 Å². The van der Waals surface area contributed by atoms with Gasteiger partial charge in [-0.2, -0.15) is 0 Å². The number of nitrogens with zero attached hydrogens (tertiary/aromatic N) is 3. The van der Waals surface area contributed by atoms with Gasteiger partial charge in [0.1, 0.15) is 5.01 Å². The standard InChI is InChI=1S/C19H21ClN4O2S/c20-14-6-8-15(9-7-14)24-11-13(10-16(24)25)18-22-23-19(27-18)21-17(26)12-4-2-1-3-5-12/h6-9,12-13H,1-5,10-11H2,(H,21,23,26). The second-order valence-electron chi connectivity index (χ2n) is 7.15. The van der Waals surface area contributed by atoms with Crippen molar-refractivity contribution >= 4 is 45.6 Å². The molecule has 2 aliphatic rings. The number of nitrogens with one attached hydrogen (secondary N) is 1. The van der Waals surface area contributed by atoms with Gasteiger partial charge in [-0.1, -0.05) is 42.2 Å². The molecule has 8 heteroatoms. The maximum atomic E-state index is 12.4. The molecule has 2 heterocycles. The molecular formula is C19H21ClN4O2S. The summed E-state index contributed by atoms with van der Waals surface area (Å²) < 4.78 is 0. The van der Waals surface area contributed by atoms with E-state index in [9.17, 15) is 9.59 Å². The van der Waals surface area contributed by atoms with E-state index in [-0.39, 0.29) is 23.7 Å². The van der Waals surface area contributed by atoms with Crippen LogP contribution in [0.25, 0.3) is 0 Å². The van der Waals surface area contributed by atoms with Gasteiger partial charge in [0.15, 0.2) is 0 Å². The van der Waals surface area contributed by atoms with Crippen LogP contribution in [0.1, 0.15) is 49.5 Å². The lowest BCUT2D eigenvalue weighted by Gasteiger charge is -2.19. The summed E-state index contributed by atoms with van der Waals surface area (Å²) in [6, 6.07) is 7.25. The number of halogens is 1. The van der Waals surface area contributed by atoms with Crippen molar-refractivity contribution in [3.05, 3.63) is 34.3 Å². The van der Waals surface area contributed by atoms with Crippen molar-refractivity contribution < 1.29 is 9.59 Å². The highest BCUT2D eigenvalue weighted by molar-refractivity contribution is 7.15.